The summed E-state index contributed by atoms with van der Waals surface area (Å²) in [5.74, 6) is 3.16. The van der Waals surface area contributed by atoms with Gasteiger partial charge in [0.05, 0.1) is 18.9 Å². The first-order valence-corrected chi connectivity index (χ1v) is 11.0. The fourth-order valence-corrected chi connectivity index (χ4v) is 6.88. The van der Waals surface area contributed by atoms with Crippen molar-refractivity contribution >= 4 is 5.69 Å². The number of nitrogens with one attached hydrogen (secondary N) is 1. The van der Waals surface area contributed by atoms with Crippen molar-refractivity contribution in [3.63, 3.8) is 0 Å². The van der Waals surface area contributed by atoms with Crippen LogP contribution in [-0.4, -0.2) is 44.5 Å². The van der Waals surface area contributed by atoms with Crippen molar-refractivity contribution in [2.45, 2.75) is 57.5 Å². The van der Waals surface area contributed by atoms with Gasteiger partial charge in [0.1, 0.15) is 5.75 Å². The van der Waals surface area contributed by atoms with Gasteiger partial charge in [0.2, 0.25) is 0 Å². The van der Waals surface area contributed by atoms with Gasteiger partial charge in [-0.1, -0.05) is 6.92 Å². The number of piperazine rings is 1. The first-order valence-electron chi connectivity index (χ1n) is 11.0. The minimum atomic E-state index is -0.0860. The molecule has 1 saturated heterocycles. The number of fused-ring (bicyclic) bond motifs is 5. The number of benzene rings is 1. The summed E-state index contributed by atoms with van der Waals surface area (Å²) in [6.07, 6.45) is 6.99. The number of hydrogen-bond donors (Lipinski definition) is 2. The Bertz CT molecular complexity index is 715. The van der Waals surface area contributed by atoms with E-state index in [1.54, 1.807) is 5.56 Å². The fourth-order valence-electron chi connectivity index (χ4n) is 6.88. The SMILES string of the molecule is COc1cc2c(cc1N1CCNCC1)C1CCC3(C)C(O)CCC3C1CC2. The number of anilines is 1. The number of nitrogens with zero attached hydrogens (tertiary/aromatic N) is 1. The van der Waals surface area contributed by atoms with Gasteiger partial charge in [0.25, 0.3) is 0 Å². The van der Waals surface area contributed by atoms with Crippen LogP contribution in [0.5, 0.6) is 5.75 Å². The average molecular weight is 371 g/mol. The van der Waals surface area contributed by atoms with Crippen molar-refractivity contribution in [2.75, 3.05) is 38.2 Å². The molecule has 5 unspecified atom stereocenters. The van der Waals surface area contributed by atoms with Gasteiger partial charge in [-0.05, 0) is 85.0 Å². The van der Waals surface area contributed by atoms with Gasteiger partial charge in [-0.25, -0.2) is 0 Å². The monoisotopic (exact) mass is 370 g/mol. The van der Waals surface area contributed by atoms with Gasteiger partial charge in [-0.2, -0.15) is 0 Å². The number of aryl methyl sites for hydroxylation is 1. The molecule has 1 aliphatic heterocycles. The topological polar surface area (TPSA) is 44.7 Å². The lowest BCUT2D eigenvalue weighted by atomic mass is 9.55. The quantitative estimate of drug-likeness (QED) is 0.838. The average Bonchev–Trinajstić information content (AvgIpc) is 3.02. The molecule has 5 atom stereocenters. The highest BCUT2D eigenvalue weighted by atomic mass is 16.5. The molecule has 0 amide bonds. The molecular formula is C23H34N2O2. The van der Waals surface area contributed by atoms with Crippen molar-refractivity contribution in [1.29, 1.82) is 0 Å². The molecule has 3 aliphatic carbocycles. The number of aliphatic hydroxyl groups is 1. The van der Waals surface area contributed by atoms with Crippen LogP contribution in [0.2, 0.25) is 0 Å². The first kappa shape index (κ1) is 17.8. The number of hydrogen-bond acceptors (Lipinski definition) is 4. The number of aliphatic hydroxyl groups excluding tert-OH is 1. The maximum Gasteiger partial charge on any atom is 0.142 e. The maximum absolute atomic E-state index is 10.6. The summed E-state index contributed by atoms with van der Waals surface area (Å²) < 4.78 is 5.80. The van der Waals surface area contributed by atoms with E-state index in [-0.39, 0.29) is 11.5 Å². The molecule has 4 nitrogen and oxygen atoms in total. The Morgan fingerprint density at radius 1 is 1.15 bits per heavy atom. The minimum absolute atomic E-state index is 0.0860. The highest BCUT2D eigenvalue weighted by molar-refractivity contribution is 5.63. The predicted molar refractivity (Wildman–Crippen MR) is 109 cm³/mol. The van der Waals surface area contributed by atoms with Crippen molar-refractivity contribution in [2.24, 2.45) is 17.3 Å². The Hall–Kier alpha value is -1.26. The van der Waals surface area contributed by atoms with Gasteiger partial charge in [0, 0.05) is 26.2 Å². The Balaban J connectivity index is 1.51. The molecule has 5 rings (SSSR count). The summed E-state index contributed by atoms with van der Waals surface area (Å²) in [6, 6.07) is 4.81. The molecule has 4 aliphatic rings. The normalized spacial score (nSPS) is 38.1. The molecule has 2 N–H and O–H groups in total. The van der Waals surface area contributed by atoms with Crippen molar-refractivity contribution in [3.05, 3.63) is 23.3 Å². The molecule has 4 heteroatoms. The van der Waals surface area contributed by atoms with Crippen LogP contribution in [0.25, 0.3) is 0 Å². The second-order valence-electron chi connectivity index (χ2n) is 9.51. The third-order valence-electron chi connectivity index (χ3n) is 8.43. The van der Waals surface area contributed by atoms with Crippen molar-refractivity contribution in [1.82, 2.24) is 5.32 Å². The molecule has 1 aromatic carbocycles. The second-order valence-corrected chi connectivity index (χ2v) is 9.51. The van der Waals surface area contributed by atoms with Crippen LogP contribution >= 0.6 is 0 Å². The molecular weight excluding hydrogens is 336 g/mol. The second kappa shape index (κ2) is 6.66. The van der Waals surface area contributed by atoms with Gasteiger partial charge in [0.15, 0.2) is 0 Å². The van der Waals surface area contributed by atoms with Crippen LogP contribution in [0.15, 0.2) is 12.1 Å². The standard InChI is InChI=1S/C23H34N2O2/c1-23-8-7-16-17(19(23)5-6-22(23)26)4-3-15-13-21(27-2)20(14-18(15)16)25-11-9-24-10-12-25/h13-14,16-17,19,22,24,26H,3-12H2,1-2H3. The van der Waals surface area contributed by atoms with E-state index < -0.39 is 0 Å². The van der Waals surface area contributed by atoms with E-state index in [9.17, 15) is 5.11 Å². The molecule has 27 heavy (non-hydrogen) atoms. The summed E-state index contributed by atoms with van der Waals surface area (Å²) in [4.78, 5) is 2.49. The number of rotatable bonds is 2. The van der Waals surface area contributed by atoms with Crippen LogP contribution in [0.3, 0.4) is 0 Å². The number of methoxy groups -OCH3 is 1. The Morgan fingerprint density at radius 2 is 1.96 bits per heavy atom. The van der Waals surface area contributed by atoms with E-state index >= 15 is 0 Å². The van der Waals surface area contributed by atoms with Gasteiger partial charge < -0.3 is 20.1 Å². The largest absolute Gasteiger partial charge is 0.495 e. The molecule has 0 radical (unpaired) electrons. The summed E-state index contributed by atoms with van der Waals surface area (Å²) in [7, 11) is 1.81. The predicted octanol–water partition coefficient (Wildman–Crippen LogP) is 3.32. The summed E-state index contributed by atoms with van der Waals surface area (Å²) in [6.45, 7) is 6.56. The van der Waals surface area contributed by atoms with E-state index in [2.05, 4.69) is 29.3 Å². The molecule has 1 aromatic rings. The molecule has 0 spiro atoms. The smallest absolute Gasteiger partial charge is 0.142 e. The fraction of sp³-hybridized carbons (Fsp3) is 0.739. The molecule has 0 aromatic heterocycles. The lowest BCUT2D eigenvalue weighted by Crippen LogP contribution is -2.45. The third-order valence-corrected chi connectivity index (χ3v) is 8.43. The van der Waals surface area contributed by atoms with Gasteiger partial charge >= 0.3 is 0 Å². The van der Waals surface area contributed by atoms with E-state index in [4.69, 9.17) is 4.74 Å². The maximum atomic E-state index is 10.6. The van der Waals surface area contributed by atoms with Crippen LogP contribution in [-0.2, 0) is 6.42 Å². The van der Waals surface area contributed by atoms with Crippen LogP contribution in [0.1, 0.15) is 56.1 Å². The van der Waals surface area contributed by atoms with E-state index in [0.29, 0.717) is 11.8 Å². The van der Waals surface area contributed by atoms with Crippen molar-refractivity contribution in [3.8, 4) is 5.75 Å². The van der Waals surface area contributed by atoms with E-state index in [0.717, 1.165) is 50.7 Å². The Kier molecular flexibility index (Phi) is 4.40. The molecule has 2 saturated carbocycles. The molecule has 1 heterocycles. The zero-order chi connectivity index (χ0) is 18.6. The van der Waals surface area contributed by atoms with Crippen molar-refractivity contribution < 1.29 is 9.84 Å². The highest BCUT2D eigenvalue weighted by Gasteiger charge is 2.54. The lowest BCUT2D eigenvalue weighted by molar-refractivity contribution is -0.0226. The highest BCUT2D eigenvalue weighted by Crippen LogP contribution is 2.61. The summed E-state index contributed by atoms with van der Waals surface area (Å²) >= 11 is 0. The lowest BCUT2D eigenvalue weighted by Gasteiger charge is -2.50. The Labute approximate surface area is 163 Å². The van der Waals surface area contributed by atoms with Crippen LogP contribution < -0.4 is 15.0 Å². The number of ether oxygens (including phenoxy) is 1. The zero-order valence-electron chi connectivity index (χ0n) is 16.8. The van der Waals surface area contributed by atoms with E-state index in [1.165, 1.54) is 36.9 Å². The van der Waals surface area contributed by atoms with Crippen LogP contribution in [0.4, 0.5) is 5.69 Å². The van der Waals surface area contributed by atoms with Crippen LogP contribution in [0, 0.1) is 17.3 Å². The summed E-state index contributed by atoms with van der Waals surface area (Å²) in [5.41, 5.74) is 4.54. The Morgan fingerprint density at radius 3 is 2.74 bits per heavy atom. The van der Waals surface area contributed by atoms with E-state index in [1.807, 2.05) is 7.11 Å². The first-order chi connectivity index (χ1) is 13.1. The molecule has 3 fully saturated rings. The molecule has 0 bridgehead atoms. The van der Waals surface area contributed by atoms with Gasteiger partial charge in [-0.3, -0.25) is 0 Å². The molecule has 148 valence electrons. The summed E-state index contributed by atoms with van der Waals surface area (Å²) in [5, 5.41) is 14.1. The van der Waals surface area contributed by atoms with Gasteiger partial charge in [-0.15, -0.1) is 0 Å². The third kappa shape index (κ3) is 2.71. The minimum Gasteiger partial charge on any atom is -0.495 e. The zero-order valence-corrected chi connectivity index (χ0v) is 16.8.